The van der Waals surface area contributed by atoms with E-state index >= 15 is 0 Å². The molecule has 28 heavy (non-hydrogen) atoms. The van der Waals surface area contributed by atoms with Gasteiger partial charge in [-0.05, 0) is 30.7 Å². The average molecular weight is 390 g/mol. The van der Waals surface area contributed by atoms with Crippen LogP contribution in [0.2, 0.25) is 0 Å². The number of benzene rings is 3. The smallest absolute Gasteiger partial charge is 0.269 e. The normalized spacial score (nSPS) is 15.9. The predicted octanol–water partition coefficient (Wildman–Crippen LogP) is 3.87. The molecule has 0 aliphatic carbocycles. The van der Waals surface area contributed by atoms with Crippen molar-refractivity contribution in [2.75, 3.05) is 12.8 Å². The molecule has 0 saturated heterocycles. The van der Waals surface area contributed by atoms with Crippen molar-refractivity contribution >= 4 is 30.1 Å². The maximum atomic E-state index is 10.8. The van der Waals surface area contributed by atoms with Gasteiger partial charge in [-0.1, -0.05) is 60.7 Å². The quantitative estimate of drug-likeness (QED) is 0.365. The highest BCUT2D eigenvalue weighted by molar-refractivity contribution is 7.73. The van der Waals surface area contributed by atoms with Gasteiger partial charge in [0.1, 0.15) is 6.61 Å². The van der Waals surface area contributed by atoms with Gasteiger partial charge < -0.3 is 4.74 Å². The van der Waals surface area contributed by atoms with E-state index in [-0.39, 0.29) is 11.7 Å². The van der Waals surface area contributed by atoms with Gasteiger partial charge in [0.05, 0.1) is 11.0 Å². The molecule has 6 heteroatoms. The summed E-state index contributed by atoms with van der Waals surface area (Å²) in [6.07, 6.45) is 0.903. The van der Waals surface area contributed by atoms with Gasteiger partial charge in [-0.15, -0.1) is 0 Å². The predicted molar refractivity (Wildman–Crippen MR) is 113 cm³/mol. The van der Waals surface area contributed by atoms with Gasteiger partial charge in [0.2, 0.25) is 5.90 Å². The molecule has 4 rings (SSSR count). The fraction of sp³-hybridized carbons (Fsp3) is 0.136. The molecule has 0 saturated carbocycles. The zero-order valence-corrected chi connectivity index (χ0v) is 16.0. The number of nitro groups is 1. The highest BCUT2D eigenvalue weighted by Crippen LogP contribution is 2.36. The van der Waals surface area contributed by atoms with Gasteiger partial charge in [0, 0.05) is 23.9 Å². The Kier molecular flexibility index (Phi) is 5.45. The monoisotopic (exact) mass is 390 g/mol. The van der Waals surface area contributed by atoms with Crippen LogP contribution < -0.4 is 10.6 Å². The van der Waals surface area contributed by atoms with E-state index in [1.807, 2.05) is 12.1 Å². The minimum absolute atomic E-state index is 0.0653. The lowest BCUT2D eigenvalue weighted by Crippen LogP contribution is -2.21. The molecule has 3 aromatic rings. The minimum Gasteiger partial charge on any atom is -0.475 e. The second-order valence-electron chi connectivity index (χ2n) is 6.48. The van der Waals surface area contributed by atoms with Crippen LogP contribution in [0.25, 0.3) is 0 Å². The Morgan fingerprint density at radius 3 is 2.04 bits per heavy atom. The van der Waals surface area contributed by atoms with Crippen molar-refractivity contribution in [3.8, 4) is 0 Å². The van der Waals surface area contributed by atoms with Gasteiger partial charge in [-0.3, -0.25) is 10.1 Å². The number of ether oxygens (including phenoxy) is 1. The topological polar surface area (TPSA) is 64.7 Å². The molecule has 0 unspecified atom stereocenters. The number of hydrogen-bond acceptors (Lipinski definition) is 4. The van der Waals surface area contributed by atoms with Crippen molar-refractivity contribution in [1.82, 2.24) is 0 Å². The summed E-state index contributed by atoms with van der Waals surface area (Å²) in [7, 11) is -0.540. The molecule has 1 heterocycles. The maximum absolute atomic E-state index is 10.8. The van der Waals surface area contributed by atoms with Crippen LogP contribution in [-0.4, -0.2) is 29.6 Å². The Balaban J connectivity index is 1.55. The molecule has 140 valence electrons. The fourth-order valence-electron chi connectivity index (χ4n) is 3.18. The molecule has 1 atom stereocenters. The Morgan fingerprint density at radius 1 is 0.929 bits per heavy atom. The van der Waals surface area contributed by atoms with E-state index in [1.54, 1.807) is 12.1 Å². The SMILES string of the molecule is O=[N+]([O-])c1ccc(C2=N[C@H](CP(c3ccccc3)c3ccccc3)CO2)cc1. The molecule has 0 bridgehead atoms. The lowest BCUT2D eigenvalue weighted by atomic mass is 10.2. The number of nitro benzene ring substituents is 1. The van der Waals surface area contributed by atoms with E-state index in [2.05, 4.69) is 48.5 Å². The van der Waals surface area contributed by atoms with E-state index in [0.717, 1.165) is 11.7 Å². The summed E-state index contributed by atoms with van der Waals surface area (Å²) in [5.74, 6) is 0.566. The van der Waals surface area contributed by atoms with E-state index in [9.17, 15) is 10.1 Å². The maximum Gasteiger partial charge on any atom is 0.269 e. The molecule has 3 aromatic carbocycles. The van der Waals surface area contributed by atoms with Crippen LogP contribution in [0.4, 0.5) is 5.69 Å². The molecule has 0 amide bonds. The summed E-state index contributed by atoms with van der Waals surface area (Å²) < 4.78 is 5.82. The van der Waals surface area contributed by atoms with Crippen LogP contribution in [0.15, 0.2) is 89.9 Å². The summed E-state index contributed by atoms with van der Waals surface area (Å²) in [5.41, 5.74) is 0.840. The minimum atomic E-state index is -0.540. The molecule has 1 aliphatic heterocycles. The van der Waals surface area contributed by atoms with Crippen molar-refractivity contribution in [2.45, 2.75) is 6.04 Å². The first-order valence-corrected chi connectivity index (χ1v) is 10.6. The second-order valence-corrected chi connectivity index (χ2v) is 8.74. The standard InChI is InChI=1S/C22H19N2O3P/c25-24(26)19-13-11-17(12-14-19)22-23-18(15-27-22)16-28(20-7-3-1-4-8-20)21-9-5-2-6-10-21/h1-14,18H,15-16H2/t18-/m0/s1. The van der Waals surface area contributed by atoms with Crippen molar-refractivity contribution < 1.29 is 9.66 Å². The Bertz CT molecular complexity index is 936. The molecule has 0 spiro atoms. The number of aliphatic imine (C=N–C) groups is 1. The van der Waals surface area contributed by atoms with Gasteiger partial charge in [0.25, 0.3) is 5.69 Å². The third-order valence-corrected chi connectivity index (χ3v) is 7.20. The van der Waals surface area contributed by atoms with Crippen molar-refractivity contribution in [3.63, 3.8) is 0 Å². The number of nitrogens with zero attached hydrogens (tertiary/aromatic N) is 2. The van der Waals surface area contributed by atoms with Crippen LogP contribution in [0.3, 0.4) is 0 Å². The third-order valence-electron chi connectivity index (χ3n) is 4.57. The lowest BCUT2D eigenvalue weighted by Gasteiger charge is -2.20. The summed E-state index contributed by atoms with van der Waals surface area (Å²) in [4.78, 5) is 15.2. The lowest BCUT2D eigenvalue weighted by molar-refractivity contribution is -0.384. The summed E-state index contributed by atoms with van der Waals surface area (Å²) >= 11 is 0. The largest absolute Gasteiger partial charge is 0.475 e. The van der Waals surface area contributed by atoms with Crippen molar-refractivity contribution in [3.05, 3.63) is 101 Å². The van der Waals surface area contributed by atoms with Crippen LogP contribution in [0.1, 0.15) is 5.56 Å². The van der Waals surface area contributed by atoms with Gasteiger partial charge in [0.15, 0.2) is 0 Å². The van der Waals surface area contributed by atoms with Crippen LogP contribution in [0, 0.1) is 10.1 Å². The van der Waals surface area contributed by atoms with Gasteiger partial charge in [-0.2, -0.15) is 0 Å². The van der Waals surface area contributed by atoms with Crippen LogP contribution >= 0.6 is 7.92 Å². The first-order valence-electron chi connectivity index (χ1n) is 9.04. The Labute approximate surface area is 164 Å². The Hall–Kier alpha value is -3.04. The second kappa shape index (κ2) is 8.32. The first kappa shape index (κ1) is 18.3. The zero-order chi connectivity index (χ0) is 19.3. The van der Waals surface area contributed by atoms with E-state index in [1.165, 1.54) is 22.7 Å². The Morgan fingerprint density at radius 2 is 1.50 bits per heavy atom. The third kappa shape index (κ3) is 4.10. The molecule has 0 radical (unpaired) electrons. The molecular weight excluding hydrogens is 371 g/mol. The molecular formula is C22H19N2O3P. The summed E-state index contributed by atoms with van der Waals surface area (Å²) in [6.45, 7) is 0.533. The van der Waals surface area contributed by atoms with Gasteiger partial charge in [-0.25, -0.2) is 4.99 Å². The van der Waals surface area contributed by atoms with E-state index < -0.39 is 12.8 Å². The van der Waals surface area contributed by atoms with Crippen molar-refractivity contribution in [2.24, 2.45) is 4.99 Å². The average Bonchev–Trinajstić information content (AvgIpc) is 3.22. The number of non-ortho nitro benzene ring substituents is 1. The van der Waals surface area contributed by atoms with Crippen LogP contribution in [-0.2, 0) is 4.74 Å². The van der Waals surface area contributed by atoms with E-state index in [4.69, 9.17) is 9.73 Å². The molecule has 0 fully saturated rings. The summed E-state index contributed by atoms with van der Waals surface area (Å²) in [5, 5.41) is 13.5. The number of hydrogen-bond donors (Lipinski definition) is 0. The van der Waals surface area contributed by atoms with Crippen LogP contribution in [0.5, 0.6) is 0 Å². The first-order chi connectivity index (χ1) is 13.7. The molecule has 0 N–H and O–H groups in total. The molecule has 0 aromatic heterocycles. The zero-order valence-electron chi connectivity index (χ0n) is 15.1. The highest BCUT2D eigenvalue weighted by atomic mass is 31.1. The molecule has 1 aliphatic rings. The number of rotatable bonds is 6. The fourth-order valence-corrected chi connectivity index (χ4v) is 5.57. The van der Waals surface area contributed by atoms with Crippen molar-refractivity contribution in [1.29, 1.82) is 0 Å². The highest BCUT2D eigenvalue weighted by Gasteiger charge is 2.25. The van der Waals surface area contributed by atoms with E-state index in [0.29, 0.717) is 12.5 Å². The van der Waals surface area contributed by atoms with Gasteiger partial charge >= 0.3 is 0 Å². The molecule has 5 nitrogen and oxygen atoms in total. The summed E-state index contributed by atoms with van der Waals surface area (Å²) in [6, 6.07) is 27.5.